The molecule has 3 heteroatoms. The predicted octanol–water partition coefficient (Wildman–Crippen LogP) is 0.193. The number of hydrogen-bond donors (Lipinski definition) is 0. The summed E-state index contributed by atoms with van der Waals surface area (Å²) in [7, 11) is 0. The van der Waals surface area contributed by atoms with Crippen LogP contribution < -0.4 is 0 Å². The molecular formula is C3H3N2S-. The minimum Gasteiger partial charge on any atom is -0.666 e. The maximum absolute atomic E-state index is 4.55. The van der Waals surface area contributed by atoms with E-state index < -0.39 is 0 Å². The summed E-state index contributed by atoms with van der Waals surface area (Å²) in [5, 5.41) is 3.65. The van der Waals surface area contributed by atoms with Gasteiger partial charge in [-0.25, -0.2) is 5.10 Å². The standard InChI is InChI=1S/C3H3N2S/c6-5-3-1-2-4-5/h1-3H/q-1. The highest BCUT2D eigenvalue weighted by Gasteiger charge is 1.61. The van der Waals surface area contributed by atoms with Crippen molar-refractivity contribution in [1.29, 1.82) is 0 Å². The summed E-state index contributed by atoms with van der Waals surface area (Å²) in [6, 6.07) is 1.78. The number of nitrogens with zero attached hydrogens (tertiary/aromatic N) is 2. The van der Waals surface area contributed by atoms with Gasteiger partial charge < -0.3 is 16.9 Å². The van der Waals surface area contributed by atoms with E-state index in [1.54, 1.807) is 18.5 Å². The van der Waals surface area contributed by atoms with E-state index in [0.29, 0.717) is 0 Å². The molecule has 0 aliphatic carbocycles. The first kappa shape index (κ1) is 3.61. The minimum atomic E-state index is 1.33. The molecule has 0 radical (unpaired) electrons. The molecule has 0 N–H and O–H groups in total. The van der Waals surface area contributed by atoms with Crippen LogP contribution in [0, 0.1) is 0 Å². The zero-order valence-corrected chi connectivity index (χ0v) is 3.85. The third kappa shape index (κ3) is 0.490. The van der Waals surface area contributed by atoms with Gasteiger partial charge in [0.15, 0.2) is 0 Å². The van der Waals surface area contributed by atoms with Gasteiger partial charge in [-0.3, -0.25) is 0 Å². The number of hydrogen-bond acceptors (Lipinski definition) is 2. The summed E-state index contributed by atoms with van der Waals surface area (Å²) in [6.45, 7) is 0. The van der Waals surface area contributed by atoms with E-state index in [1.807, 2.05) is 0 Å². The largest absolute Gasteiger partial charge is 0.666 e. The summed E-state index contributed by atoms with van der Waals surface area (Å²) < 4.78 is 1.33. The first-order valence-electron chi connectivity index (χ1n) is 1.57. The normalized spacial score (nSPS) is 8.67. The molecule has 0 amide bonds. The maximum Gasteiger partial charge on any atom is 0.0471 e. The second-order valence-corrected chi connectivity index (χ2v) is 1.28. The lowest BCUT2D eigenvalue weighted by Gasteiger charge is -1.97. The van der Waals surface area contributed by atoms with Crippen molar-refractivity contribution in [2.24, 2.45) is 0 Å². The van der Waals surface area contributed by atoms with E-state index >= 15 is 0 Å². The van der Waals surface area contributed by atoms with Gasteiger partial charge >= 0.3 is 0 Å². The van der Waals surface area contributed by atoms with Gasteiger partial charge in [0.2, 0.25) is 0 Å². The molecule has 1 rings (SSSR count). The van der Waals surface area contributed by atoms with E-state index in [-0.39, 0.29) is 0 Å². The molecule has 0 aliphatic rings. The minimum absolute atomic E-state index is 1.33. The van der Waals surface area contributed by atoms with Gasteiger partial charge in [0, 0.05) is 12.4 Å². The molecule has 0 aromatic carbocycles. The van der Waals surface area contributed by atoms with Gasteiger partial charge in [0.1, 0.15) is 0 Å². The molecule has 0 atom stereocenters. The van der Waals surface area contributed by atoms with Crippen LogP contribution in [0.2, 0.25) is 0 Å². The van der Waals surface area contributed by atoms with Crippen LogP contribution in [0.1, 0.15) is 0 Å². The first-order valence-corrected chi connectivity index (χ1v) is 1.93. The summed E-state index contributed by atoms with van der Waals surface area (Å²) in [5.41, 5.74) is 0. The van der Waals surface area contributed by atoms with Crippen molar-refractivity contribution < 1.29 is 0 Å². The third-order valence-electron chi connectivity index (χ3n) is 0.480. The Hall–Kier alpha value is -0.570. The molecular weight excluding hydrogens is 96.1 g/mol. The Morgan fingerprint density at radius 3 is 2.67 bits per heavy atom. The van der Waals surface area contributed by atoms with E-state index in [2.05, 4.69) is 17.9 Å². The van der Waals surface area contributed by atoms with E-state index in [4.69, 9.17) is 0 Å². The van der Waals surface area contributed by atoms with Crippen molar-refractivity contribution in [3.63, 3.8) is 0 Å². The van der Waals surface area contributed by atoms with Gasteiger partial charge in [-0.1, -0.05) is 0 Å². The molecule has 32 valence electrons. The molecule has 0 spiro atoms. The Morgan fingerprint density at radius 2 is 2.50 bits per heavy atom. The molecule has 0 bridgehead atoms. The molecule has 0 aliphatic heterocycles. The van der Waals surface area contributed by atoms with Crippen LogP contribution in [0.4, 0.5) is 0 Å². The predicted molar refractivity (Wildman–Crippen MR) is 25.0 cm³/mol. The van der Waals surface area contributed by atoms with Crippen LogP contribution in [0.3, 0.4) is 0 Å². The molecule has 1 aromatic heterocycles. The van der Waals surface area contributed by atoms with Crippen LogP contribution in [-0.4, -0.2) is 9.19 Å². The second-order valence-electron chi connectivity index (χ2n) is 0.909. The summed E-state index contributed by atoms with van der Waals surface area (Å²) in [5.74, 6) is 0. The Balaban J connectivity index is 3.05. The van der Waals surface area contributed by atoms with E-state index in [0.717, 1.165) is 0 Å². The van der Waals surface area contributed by atoms with Crippen LogP contribution in [0.25, 0.3) is 0 Å². The SMILES string of the molecule is [S-]n1cccn1. The average molecular weight is 99.1 g/mol. The van der Waals surface area contributed by atoms with Crippen molar-refractivity contribution in [3.8, 4) is 0 Å². The van der Waals surface area contributed by atoms with Crippen LogP contribution >= 0.6 is 0 Å². The van der Waals surface area contributed by atoms with Crippen LogP contribution in [0.15, 0.2) is 18.5 Å². The number of aromatic nitrogens is 2. The molecule has 0 fully saturated rings. The van der Waals surface area contributed by atoms with Crippen LogP contribution in [0.5, 0.6) is 0 Å². The van der Waals surface area contributed by atoms with Crippen molar-refractivity contribution in [2.75, 3.05) is 0 Å². The monoisotopic (exact) mass is 99.0 g/mol. The fraction of sp³-hybridized carbons (Fsp3) is 0. The van der Waals surface area contributed by atoms with E-state index in [9.17, 15) is 0 Å². The lowest BCUT2D eigenvalue weighted by molar-refractivity contribution is 1.02. The fourth-order valence-corrected chi connectivity index (χ4v) is 0.380. The zero-order valence-electron chi connectivity index (χ0n) is 3.03. The van der Waals surface area contributed by atoms with Crippen molar-refractivity contribution in [2.45, 2.75) is 0 Å². The quantitative estimate of drug-likeness (QED) is 0.432. The summed E-state index contributed by atoms with van der Waals surface area (Å²) in [4.78, 5) is 0. The van der Waals surface area contributed by atoms with Gasteiger partial charge in [-0.15, -0.1) is 0 Å². The second kappa shape index (κ2) is 1.26. The van der Waals surface area contributed by atoms with Gasteiger partial charge in [0.05, 0.1) is 0 Å². The maximum atomic E-state index is 4.55. The molecule has 6 heavy (non-hydrogen) atoms. The zero-order chi connectivity index (χ0) is 4.41. The molecule has 0 unspecified atom stereocenters. The summed E-state index contributed by atoms with van der Waals surface area (Å²) >= 11 is 4.55. The first-order chi connectivity index (χ1) is 2.89. The molecule has 1 aromatic rings. The summed E-state index contributed by atoms with van der Waals surface area (Å²) in [6.07, 6.45) is 3.35. The Bertz CT molecular complexity index is 112. The molecule has 0 saturated heterocycles. The Labute approximate surface area is 41.3 Å². The fourth-order valence-electron chi connectivity index (χ4n) is 0.255. The topological polar surface area (TPSA) is 17.8 Å². The number of rotatable bonds is 0. The average Bonchev–Trinajstić information content (AvgIpc) is 1.86. The highest BCUT2D eigenvalue weighted by atomic mass is 32.1. The van der Waals surface area contributed by atoms with Gasteiger partial charge in [0.25, 0.3) is 0 Å². The molecule has 2 nitrogen and oxygen atoms in total. The highest BCUT2D eigenvalue weighted by molar-refractivity contribution is 7.56. The lowest BCUT2D eigenvalue weighted by atomic mass is 10.8. The van der Waals surface area contributed by atoms with Gasteiger partial charge in [-0.2, -0.15) is 0 Å². The smallest absolute Gasteiger partial charge is 0.0471 e. The lowest BCUT2D eigenvalue weighted by Crippen LogP contribution is -1.81. The van der Waals surface area contributed by atoms with Crippen molar-refractivity contribution in [3.05, 3.63) is 18.5 Å². The van der Waals surface area contributed by atoms with Crippen molar-refractivity contribution in [1.82, 2.24) is 9.19 Å². The Morgan fingerprint density at radius 1 is 1.67 bits per heavy atom. The highest BCUT2D eigenvalue weighted by Crippen LogP contribution is 1.74. The third-order valence-corrected chi connectivity index (χ3v) is 0.696. The Kier molecular flexibility index (Phi) is 0.759. The van der Waals surface area contributed by atoms with Gasteiger partial charge in [-0.05, 0) is 6.07 Å². The van der Waals surface area contributed by atoms with E-state index in [1.165, 1.54) is 4.09 Å². The molecule has 1 heterocycles. The van der Waals surface area contributed by atoms with Crippen molar-refractivity contribution >= 4 is 12.8 Å². The molecule has 0 saturated carbocycles. The van der Waals surface area contributed by atoms with Crippen LogP contribution in [-0.2, 0) is 12.8 Å².